The van der Waals surface area contributed by atoms with E-state index in [1.54, 1.807) is 0 Å². The summed E-state index contributed by atoms with van der Waals surface area (Å²) >= 11 is 0. The number of hydrogen-bond donors (Lipinski definition) is 1. The third kappa shape index (κ3) is 2.06. The molecule has 0 bridgehead atoms. The predicted octanol–water partition coefficient (Wildman–Crippen LogP) is 0.434. The van der Waals surface area contributed by atoms with Crippen molar-refractivity contribution in [2.45, 2.75) is 6.54 Å². The molecule has 66 valence electrons. The van der Waals surface area contributed by atoms with Crippen LogP contribution in [0, 0.1) is 0 Å². The molecule has 12 heavy (non-hydrogen) atoms. The van der Waals surface area contributed by atoms with Gasteiger partial charge in [0.05, 0.1) is 6.54 Å². The van der Waals surface area contributed by atoms with E-state index in [4.69, 9.17) is 9.52 Å². The van der Waals surface area contributed by atoms with Crippen LogP contribution in [0.2, 0.25) is 0 Å². The quantitative estimate of drug-likeness (QED) is 0.712. The lowest BCUT2D eigenvalue weighted by Crippen LogP contribution is -2.11. The van der Waals surface area contributed by atoms with E-state index in [0.29, 0.717) is 12.4 Å². The molecule has 0 amide bonds. The molecule has 1 aromatic rings. The van der Waals surface area contributed by atoms with E-state index < -0.39 is 5.97 Å². The van der Waals surface area contributed by atoms with Gasteiger partial charge in [-0.15, -0.1) is 0 Å². The maximum absolute atomic E-state index is 10.4. The minimum absolute atomic E-state index is 0.0492. The third-order valence-electron chi connectivity index (χ3n) is 1.22. The zero-order chi connectivity index (χ0) is 9.14. The van der Waals surface area contributed by atoms with Gasteiger partial charge in [-0.3, -0.25) is 0 Å². The summed E-state index contributed by atoms with van der Waals surface area (Å²) in [5.41, 5.74) is -0.0492. The van der Waals surface area contributed by atoms with E-state index in [1.165, 1.54) is 0 Å². The fourth-order valence-electron chi connectivity index (χ4n) is 0.752. The Morgan fingerprint density at radius 1 is 1.75 bits per heavy atom. The average Bonchev–Trinajstić information content (AvgIpc) is 2.34. The van der Waals surface area contributed by atoms with Crippen LogP contribution < -0.4 is 0 Å². The molecule has 0 aromatic carbocycles. The van der Waals surface area contributed by atoms with Crippen molar-refractivity contribution in [3.05, 3.63) is 17.8 Å². The lowest BCUT2D eigenvalue weighted by atomic mass is 10.5. The van der Waals surface area contributed by atoms with Gasteiger partial charge >= 0.3 is 5.97 Å². The van der Waals surface area contributed by atoms with Crippen molar-refractivity contribution in [3.63, 3.8) is 0 Å². The van der Waals surface area contributed by atoms with E-state index in [2.05, 4.69) is 4.98 Å². The Morgan fingerprint density at radius 2 is 2.42 bits per heavy atom. The summed E-state index contributed by atoms with van der Waals surface area (Å²) in [6, 6.07) is 0. The number of nitrogens with zero attached hydrogens (tertiary/aromatic N) is 2. The molecule has 0 atom stereocenters. The lowest BCUT2D eigenvalue weighted by Gasteiger charge is -2.03. The smallest absolute Gasteiger partial charge is 0.357 e. The number of carboxylic acid groups (broad SMARTS) is 1. The van der Waals surface area contributed by atoms with Crippen LogP contribution in [0.3, 0.4) is 0 Å². The van der Waals surface area contributed by atoms with E-state index in [0.717, 1.165) is 6.26 Å². The summed E-state index contributed by atoms with van der Waals surface area (Å²) in [6.45, 7) is 0.507. The summed E-state index contributed by atoms with van der Waals surface area (Å²) in [7, 11) is 3.70. The first-order valence-corrected chi connectivity index (χ1v) is 3.42. The largest absolute Gasteiger partial charge is 0.476 e. The molecule has 5 nitrogen and oxygen atoms in total. The number of carbonyl (C=O) groups is 1. The Hall–Kier alpha value is -1.36. The van der Waals surface area contributed by atoms with Crippen LogP contribution in [-0.4, -0.2) is 35.1 Å². The normalized spacial score (nSPS) is 10.6. The number of oxazole rings is 1. The fraction of sp³-hybridized carbons (Fsp3) is 0.429. The molecular formula is C7H10N2O3. The molecule has 1 heterocycles. The van der Waals surface area contributed by atoms with E-state index in [9.17, 15) is 4.79 Å². The van der Waals surface area contributed by atoms with E-state index in [1.807, 2.05) is 19.0 Å². The maximum atomic E-state index is 10.4. The van der Waals surface area contributed by atoms with Gasteiger partial charge in [0.2, 0.25) is 5.89 Å². The van der Waals surface area contributed by atoms with Gasteiger partial charge in [0, 0.05) is 0 Å². The Morgan fingerprint density at radius 3 is 2.83 bits per heavy atom. The summed E-state index contributed by atoms with van der Waals surface area (Å²) in [5, 5.41) is 8.50. The SMILES string of the molecule is CN(C)Cc1nc(C(=O)O)co1. The number of aromatic carboxylic acids is 1. The number of aromatic nitrogens is 1. The molecule has 0 radical (unpaired) electrons. The highest BCUT2D eigenvalue weighted by Crippen LogP contribution is 2.03. The molecular weight excluding hydrogens is 160 g/mol. The Kier molecular flexibility index (Phi) is 2.44. The van der Waals surface area contributed by atoms with Crippen molar-refractivity contribution < 1.29 is 14.3 Å². The van der Waals surface area contributed by atoms with Crippen LogP contribution in [0.4, 0.5) is 0 Å². The van der Waals surface area contributed by atoms with Crippen LogP contribution in [0.1, 0.15) is 16.4 Å². The standard InChI is InChI=1S/C7H10N2O3/c1-9(2)3-6-8-5(4-12-6)7(10)11/h4H,3H2,1-2H3,(H,10,11). The molecule has 1 aromatic heterocycles. The lowest BCUT2D eigenvalue weighted by molar-refractivity contribution is 0.0690. The van der Waals surface area contributed by atoms with Crippen molar-refractivity contribution in [3.8, 4) is 0 Å². The van der Waals surface area contributed by atoms with Crippen LogP contribution >= 0.6 is 0 Å². The van der Waals surface area contributed by atoms with Crippen LogP contribution in [0.15, 0.2) is 10.7 Å². The first-order chi connectivity index (χ1) is 5.59. The van der Waals surface area contributed by atoms with Gasteiger partial charge in [0.25, 0.3) is 0 Å². The highest BCUT2D eigenvalue weighted by Gasteiger charge is 2.09. The molecule has 0 fully saturated rings. The zero-order valence-corrected chi connectivity index (χ0v) is 6.94. The summed E-state index contributed by atoms with van der Waals surface area (Å²) < 4.78 is 4.90. The van der Waals surface area contributed by atoms with Crippen molar-refractivity contribution in [2.75, 3.05) is 14.1 Å². The Balaban J connectivity index is 2.71. The van der Waals surface area contributed by atoms with Gasteiger partial charge in [0.15, 0.2) is 5.69 Å². The predicted molar refractivity (Wildman–Crippen MR) is 40.9 cm³/mol. The average molecular weight is 170 g/mol. The van der Waals surface area contributed by atoms with Crippen molar-refractivity contribution in [1.82, 2.24) is 9.88 Å². The van der Waals surface area contributed by atoms with Crippen molar-refractivity contribution >= 4 is 5.97 Å². The first kappa shape index (κ1) is 8.73. The zero-order valence-electron chi connectivity index (χ0n) is 6.94. The van der Waals surface area contributed by atoms with Crippen molar-refractivity contribution in [1.29, 1.82) is 0 Å². The Bertz CT molecular complexity index is 280. The molecule has 0 aliphatic rings. The van der Waals surface area contributed by atoms with Gasteiger partial charge < -0.3 is 14.4 Å². The molecule has 0 aliphatic heterocycles. The summed E-state index contributed by atoms with van der Waals surface area (Å²) in [6.07, 6.45) is 1.14. The van der Waals surface area contributed by atoms with Gasteiger partial charge in [-0.25, -0.2) is 9.78 Å². The molecule has 1 rings (SSSR count). The molecule has 5 heteroatoms. The first-order valence-electron chi connectivity index (χ1n) is 3.42. The molecule has 0 spiro atoms. The van der Waals surface area contributed by atoms with Crippen LogP contribution in [0.25, 0.3) is 0 Å². The molecule has 0 aliphatic carbocycles. The van der Waals surface area contributed by atoms with E-state index >= 15 is 0 Å². The summed E-state index contributed by atoms with van der Waals surface area (Å²) in [5.74, 6) is -0.652. The van der Waals surface area contributed by atoms with Gasteiger partial charge in [-0.2, -0.15) is 0 Å². The highest BCUT2D eigenvalue weighted by molar-refractivity contribution is 5.84. The van der Waals surface area contributed by atoms with Crippen LogP contribution in [-0.2, 0) is 6.54 Å². The molecule has 0 unspecified atom stereocenters. The fourth-order valence-corrected chi connectivity index (χ4v) is 0.752. The molecule has 0 saturated heterocycles. The maximum Gasteiger partial charge on any atom is 0.357 e. The number of carboxylic acids is 1. The topological polar surface area (TPSA) is 66.6 Å². The minimum atomic E-state index is -1.07. The van der Waals surface area contributed by atoms with Crippen LogP contribution in [0.5, 0.6) is 0 Å². The monoisotopic (exact) mass is 170 g/mol. The number of hydrogen-bond acceptors (Lipinski definition) is 4. The highest BCUT2D eigenvalue weighted by atomic mass is 16.4. The second-order valence-corrected chi connectivity index (χ2v) is 2.67. The molecule has 1 N–H and O–H groups in total. The second-order valence-electron chi connectivity index (χ2n) is 2.67. The van der Waals surface area contributed by atoms with E-state index in [-0.39, 0.29) is 5.69 Å². The molecule has 0 saturated carbocycles. The van der Waals surface area contributed by atoms with Crippen molar-refractivity contribution in [2.24, 2.45) is 0 Å². The summed E-state index contributed by atoms with van der Waals surface area (Å²) in [4.78, 5) is 16.0. The third-order valence-corrected chi connectivity index (χ3v) is 1.22. The van der Waals surface area contributed by atoms with Gasteiger partial charge in [-0.1, -0.05) is 0 Å². The van der Waals surface area contributed by atoms with Gasteiger partial charge in [-0.05, 0) is 14.1 Å². The Labute approximate surface area is 69.6 Å². The number of rotatable bonds is 3. The van der Waals surface area contributed by atoms with Gasteiger partial charge in [0.1, 0.15) is 6.26 Å². The minimum Gasteiger partial charge on any atom is -0.476 e. The second kappa shape index (κ2) is 3.36.